The van der Waals surface area contributed by atoms with Crippen LogP contribution in [0.3, 0.4) is 0 Å². The Morgan fingerprint density at radius 3 is 2.67 bits per heavy atom. The number of tetrazole rings is 1. The molecule has 7 heteroatoms. The lowest BCUT2D eigenvalue weighted by Gasteiger charge is -2.39. The summed E-state index contributed by atoms with van der Waals surface area (Å²) >= 11 is 0. The maximum absolute atomic E-state index is 12.3. The standard InChI is InChI=1S/C23H27N5O2/c1-16-11-13-23(14-12-16,24-18-8-6-7-17(2)15-18)22-25-26-27-28(22)20-10-5-4-9-19(20)21(29)30-3/h4-10,15-16,24H,11-14H2,1-3H3. The number of anilines is 1. The van der Waals surface area contributed by atoms with Gasteiger partial charge in [-0.05, 0) is 78.8 Å². The summed E-state index contributed by atoms with van der Waals surface area (Å²) in [6, 6.07) is 15.6. The molecule has 30 heavy (non-hydrogen) atoms. The summed E-state index contributed by atoms with van der Waals surface area (Å²) in [7, 11) is 1.38. The summed E-state index contributed by atoms with van der Waals surface area (Å²) in [4.78, 5) is 12.3. The highest BCUT2D eigenvalue weighted by Crippen LogP contribution is 2.41. The predicted molar refractivity (Wildman–Crippen MR) is 115 cm³/mol. The molecule has 0 radical (unpaired) electrons. The molecule has 1 N–H and O–H groups in total. The summed E-state index contributed by atoms with van der Waals surface area (Å²) in [5.74, 6) is 0.960. The van der Waals surface area contributed by atoms with Crippen molar-refractivity contribution >= 4 is 11.7 Å². The van der Waals surface area contributed by atoms with Crippen LogP contribution in [0.5, 0.6) is 0 Å². The van der Waals surface area contributed by atoms with Crippen molar-refractivity contribution < 1.29 is 9.53 Å². The summed E-state index contributed by atoms with van der Waals surface area (Å²) in [5.41, 5.74) is 2.86. The Labute approximate surface area is 176 Å². The second-order valence-corrected chi connectivity index (χ2v) is 8.18. The van der Waals surface area contributed by atoms with Crippen molar-refractivity contribution in [1.29, 1.82) is 0 Å². The maximum Gasteiger partial charge on any atom is 0.340 e. The largest absolute Gasteiger partial charge is 0.465 e. The zero-order chi connectivity index (χ0) is 21.1. The van der Waals surface area contributed by atoms with Gasteiger partial charge in [0.1, 0.15) is 0 Å². The van der Waals surface area contributed by atoms with Crippen LogP contribution in [-0.2, 0) is 10.3 Å². The Bertz CT molecular complexity index is 1040. The van der Waals surface area contributed by atoms with Gasteiger partial charge in [-0.25, -0.2) is 4.79 Å². The molecular weight excluding hydrogens is 378 g/mol. The molecule has 0 unspecified atom stereocenters. The van der Waals surface area contributed by atoms with E-state index < -0.39 is 11.5 Å². The molecule has 1 aliphatic rings. The average molecular weight is 406 g/mol. The van der Waals surface area contributed by atoms with Crippen molar-refractivity contribution in [3.05, 3.63) is 65.5 Å². The van der Waals surface area contributed by atoms with E-state index in [9.17, 15) is 4.79 Å². The van der Waals surface area contributed by atoms with Gasteiger partial charge >= 0.3 is 5.97 Å². The molecule has 2 aromatic carbocycles. The van der Waals surface area contributed by atoms with Crippen LogP contribution in [0, 0.1) is 12.8 Å². The number of nitrogens with zero attached hydrogens (tertiary/aromatic N) is 4. The van der Waals surface area contributed by atoms with Gasteiger partial charge in [0.2, 0.25) is 0 Å². The Morgan fingerprint density at radius 2 is 1.93 bits per heavy atom. The summed E-state index contributed by atoms with van der Waals surface area (Å²) in [5, 5.41) is 16.5. The Kier molecular flexibility index (Phi) is 5.53. The number of hydrogen-bond acceptors (Lipinski definition) is 6. The maximum atomic E-state index is 12.3. The van der Waals surface area contributed by atoms with Gasteiger partial charge in [-0.3, -0.25) is 0 Å². The number of carbonyl (C=O) groups excluding carboxylic acids is 1. The first-order valence-electron chi connectivity index (χ1n) is 10.3. The van der Waals surface area contributed by atoms with E-state index in [2.05, 4.69) is 52.9 Å². The lowest BCUT2D eigenvalue weighted by Crippen LogP contribution is -2.41. The monoisotopic (exact) mass is 405 g/mol. The minimum absolute atomic E-state index is 0.412. The number of para-hydroxylation sites is 1. The van der Waals surface area contributed by atoms with Crippen LogP contribution in [0.4, 0.5) is 5.69 Å². The Hall–Kier alpha value is -3.22. The van der Waals surface area contributed by atoms with Crippen LogP contribution in [0.15, 0.2) is 48.5 Å². The molecule has 1 fully saturated rings. The number of esters is 1. The number of carbonyl (C=O) groups is 1. The van der Waals surface area contributed by atoms with E-state index in [1.165, 1.54) is 12.7 Å². The normalized spacial score (nSPS) is 21.2. The lowest BCUT2D eigenvalue weighted by atomic mass is 9.76. The average Bonchev–Trinajstić information content (AvgIpc) is 3.25. The third-order valence-corrected chi connectivity index (χ3v) is 5.96. The molecule has 3 aromatic rings. The quantitative estimate of drug-likeness (QED) is 0.638. The highest BCUT2D eigenvalue weighted by atomic mass is 16.5. The van der Waals surface area contributed by atoms with Gasteiger partial charge in [-0.1, -0.05) is 31.2 Å². The van der Waals surface area contributed by atoms with E-state index in [0.717, 1.165) is 31.4 Å². The number of aryl methyl sites for hydroxylation is 1. The molecule has 0 amide bonds. The van der Waals surface area contributed by atoms with E-state index >= 15 is 0 Å². The number of benzene rings is 2. The fourth-order valence-corrected chi connectivity index (χ4v) is 4.25. The van der Waals surface area contributed by atoms with Gasteiger partial charge in [0.25, 0.3) is 0 Å². The molecule has 4 rings (SSSR count). The lowest BCUT2D eigenvalue weighted by molar-refractivity contribution is 0.0600. The molecular formula is C23H27N5O2. The van der Waals surface area contributed by atoms with Gasteiger partial charge in [-0.15, -0.1) is 5.10 Å². The third kappa shape index (κ3) is 3.79. The molecule has 1 heterocycles. The van der Waals surface area contributed by atoms with Gasteiger partial charge in [0.15, 0.2) is 5.82 Å². The molecule has 7 nitrogen and oxygen atoms in total. The van der Waals surface area contributed by atoms with Crippen molar-refractivity contribution in [2.45, 2.75) is 45.1 Å². The van der Waals surface area contributed by atoms with Crippen LogP contribution in [0.1, 0.15) is 54.4 Å². The summed E-state index contributed by atoms with van der Waals surface area (Å²) < 4.78 is 6.66. The first-order chi connectivity index (χ1) is 14.5. The molecule has 0 atom stereocenters. The van der Waals surface area contributed by atoms with Crippen LogP contribution in [-0.4, -0.2) is 33.3 Å². The SMILES string of the molecule is COC(=O)c1ccccc1-n1nnnc1C1(Nc2cccc(C)c2)CCC(C)CC1. The molecule has 0 aliphatic heterocycles. The van der Waals surface area contributed by atoms with Crippen LogP contribution < -0.4 is 5.32 Å². The van der Waals surface area contributed by atoms with E-state index in [1.54, 1.807) is 10.7 Å². The number of aromatic nitrogens is 4. The van der Waals surface area contributed by atoms with Crippen LogP contribution in [0.2, 0.25) is 0 Å². The first kappa shape index (κ1) is 20.1. The Balaban J connectivity index is 1.81. The highest BCUT2D eigenvalue weighted by molar-refractivity contribution is 5.93. The molecule has 0 saturated heterocycles. The van der Waals surface area contributed by atoms with E-state index in [4.69, 9.17) is 4.74 Å². The number of ether oxygens (including phenoxy) is 1. The van der Waals surface area contributed by atoms with E-state index in [0.29, 0.717) is 23.0 Å². The topological polar surface area (TPSA) is 81.9 Å². The first-order valence-corrected chi connectivity index (χ1v) is 10.3. The van der Waals surface area contributed by atoms with Crippen molar-refractivity contribution in [2.75, 3.05) is 12.4 Å². The second kappa shape index (κ2) is 8.26. The van der Waals surface area contributed by atoms with Crippen molar-refractivity contribution in [2.24, 2.45) is 5.92 Å². The minimum Gasteiger partial charge on any atom is -0.465 e. The summed E-state index contributed by atoms with van der Waals surface area (Å²) in [6.45, 7) is 4.36. The second-order valence-electron chi connectivity index (χ2n) is 8.18. The zero-order valence-electron chi connectivity index (χ0n) is 17.6. The zero-order valence-corrected chi connectivity index (χ0v) is 17.6. The smallest absolute Gasteiger partial charge is 0.340 e. The number of methoxy groups -OCH3 is 1. The van der Waals surface area contributed by atoms with Crippen molar-refractivity contribution in [3.8, 4) is 5.69 Å². The molecule has 156 valence electrons. The number of nitrogens with one attached hydrogen (secondary N) is 1. The van der Waals surface area contributed by atoms with Gasteiger partial charge in [0.05, 0.1) is 23.9 Å². The van der Waals surface area contributed by atoms with E-state index in [1.807, 2.05) is 24.3 Å². The van der Waals surface area contributed by atoms with Crippen molar-refractivity contribution in [3.63, 3.8) is 0 Å². The van der Waals surface area contributed by atoms with Gasteiger partial charge in [0, 0.05) is 5.69 Å². The molecule has 1 saturated carbocycles. The molecule has 0 bridgehead atoms. The summed E-state index contributed by atoms with van der Waals surface area (Å²) in [6.07, 6.45) is 3.96. The fourth-order valence-electron chi connectivity index (χ4n) is 4.25. The molecule has 0 spiro atoms. The van der Waals surface area contributed by atoms with Crippen LogP contribution >= 0.6 is 0 Å². The molecule has 1 aliphatic carbocycles. The highest BCUT2D eigenvalue weighted by Gasteiger charge is 2.41. The molecule has 1 aromatic heterocycles. The number of rotatable bonds is 5. The minimum atomic E-state index is -0.424. The van der Waals surface area contributed by atoms with Gasteiger partial charge < -0.3 is 10.1 Å². The fraction of sp³-hybridized carbons (Fsp3) is 0.391. The van der Waals surface area contributed by atoms with E-state index in [-0.39, 0.29) is 0 Å². The van der Waals surface area contributed by atoms with Crippen LogP contribution in [0.25, 0.3) is 5.69 Å². The van der Waals surface area contributed by atoms with Gasteiger partial charge in [-0.2, -0.15) is 4.68 Å². The number of hydrogen-bond donors (Lipinski definition) is 1. The predicted octanol–water partition coefficient (Wildman–Crippen LogP) is 4.27. The third-order valence-electron chi connectivity index (χ3n) is 5.96. The Morgan fingerprint density at radius 1 is 1.17 bits per heavy atom. The van der Waals surface area contributed by atoms with Crippen molar-refractivity contribution in [1.82, 2.24) is 20.2 Å².